The number of hydrogen-bond acceptors (Lipinski definition) is 8. The number of amides is 4. The van der Waals surface area contributed by atoms with Gasteiger partial charge in [-0.2, -0.15) is 0 Å². The van der Waals surface area contributed by atoms with Crippen molar-refractivity contribution in [3.63, 3.8) is 0 Å². The molecule has 0 radical (unpaired) electrons. The third-order valence-corrected chi connectivity index (χ3v) is 10.3. The van der Waals surface area contributed by atoms with E-state index >= 15 is 0 Å². The van der Waals surface area contributed by atoms with Crippen molar-refractivity contribution in [2.75, 3.05) is 6.54 Å². The van der Waals surface area contributed by atoms with Crippen molar-refractivity contribution in [2.45, 2.75) is 140 Å². The highest BCUT2D eigenvalue weighted by molar-refractivity contribution is 6.38. The zero-order valence-corrected chi connectivity index (χ0v) is 29.7. The molecule has 3 fully saturated rings. The third-order valence-electron chi connectivity index (χ3n) is 10.0. The standard InChI is InChI=1S/C36H50ClN5O7/c1-5-10-25(29(44)32(46)38-24-13-14-24)39-31(45)27-19-36(18-26(41-49-36)22-11-9-12-23(37)17-22)21-42(27)33(47)30(34(2,3)4)40-28(43)20-35(48)15-7-6-8-16-35/h9,11-12,17,24-25,27,30,48H,5-8,10,13-16,18-21H2,1-4H3,(H,38,46)(H,39,45)(H,40,43)/t25-,27-,30?,36+/m0/s1. The van der Waals surface area contributed by atoms with Crippen molar-refractivity contribution < 1.29 is 33.9 Å². The first kappa shape index (κ1) is 36.8. The van der Waals surface area contributed by atoms with Crippen LogP contribution in [0.5, 0.6) is 0 Å². The topological polar surface area (TPSA) is 166 Å². The van der Waals surface area contributed by atoms with E-state index < -0.39 is 64.2 Å². The Morgan fingerprint density at radius 3 is 2.45 bits per heavy atom. The molecule has 4 N–H and O–H groups in total. The van der Waals surface area contributed by atoms with Gasteiger partial charge < -0.3 is 30.8 Å². The van der Waals surface area contributed by atoms with Crippen molar-refractivity contribution in [3.05, 3.63) is 34.9 Å². The predicted octanol–water partition coefficient (Wildman–Crippen LogP) is 3.55. The average Bonchev–Trinajstić information content (AvgIpc) is 3.63. The minimum absolute atomic E-state index is 0.00156. The van der Waals surface area contributed by atoms with Gasteiger partial charge in [0.1, 0.15) is 12.1 Å². The largest absolute Gasteiger partial charge is 0.389 e. The van der Waals surface area contributed by atoms with E-state index in [9.17, 15) is 29.1 Å². The maximum Gasteiger partial charge on any atom is 0.289 e. The number of ketones is 1. The molecule has 13 heteroatoms. The van der Waals surface area contributed by atoms with Crippen LogP contribution in [-0.4, -0.2) is 87.0 Å². The molecule has 2 heterocycles. The number of benzene rings is 1. The van der Waals surface area contributed by atoms with Crippen LogP contribution in [0, 0.1) is 5.41 Å². The molecule has 4 amide bonds. The molecule has 12 nitrogen and oxygen atoms in total. The Morgan fingerprint density at radius 2 is 1.82 bits per heavy atom. The average molecular weight is 700 g/mol. The van der Waals surface area contributed by atoms with Crippen LogP contribution in [0.3, 0.4) is 0 Å². The van der Waals surface area contributed by atoms with Crippen molar-refractivity contribution in [1.82, 2.24) is 20.9 Å². The molecule has 1 unspecified atom stereocenters. The van der Waals surface area contributed by atoms with E-state index in [0.29, 0.717) is 36.4 Å². The molecule has 1 aromatic carbocycles. The van der Waals surface area contributed by atoms with Crippen molar-refractivity contribution in [1.29, 1.82) is 0 Å². The van der Waals surface area contributed by atoms with E-state index in [1.54, 1.807) is 18.2 Å². The number of hydrogen-bond donors (Lipinski definition) is 4. The summed E-state index contributed by atoms with van der Waals surface area (Å²) < 4.78 is 0. The van der Waals surface area contributed by atoms with Gasteiger partial charge in [-0.3, -0.25) is 24.0 Å². The second-order valence-corrected chi connectivity index (χ2v) is 15.9. The van der Waals surface area contributed by atoms with Gasteiger partial charge in [-0.15, -0.1) is 0 Å². The molecule has 4 aliphatic rings. The Balaban J connectivity index is 1.39. The van der Waals surface area contributed by atoms with Gasteiger partial charge in [0.15, 0.2) is 5.60 Å². The smallest absolute Gasteiger partial charge is 0.289 e. The summed E-state index contributed by atoms with van der Waals surface area (Å²) in [5.41, 5.74) is -1.56. The number of nitrogens with one attached hydrogen (secondary N) is 3. The van der Waals surface area contributed by atoms with Gasteiger partial charge in [0, 0.05) is 29.5 Å². The molecule has 0 bridgehead atoms. The first-order valence-electron chi connectivity index (χ1n) is 17.6. The van der Waals surface area contributed by atoms with Crippen LogP contribution in [0.15, 0.2) is 29.4 Å². The maximum atomic E-state index is 14.6. The van der Waals surface area contributed by atoms with Crippen LogP contribution in [0.1, 0.15) is 110 Å². The number of likely N-dealkylation sites (tertiary alicyclic amines) is 1. The molecule has 1 saturated heterocycles. The zero-order valence-electron chi connectivity index (χ0n) is 29.0. The monoisotopic (exact) mass is 699 g/mol. The predicted molar refractivity (Wildman–Crippen MR) is 184 cm³/mol. The normalized spacial score (nSPS) is 24.4. The molecule has 0 aromatic heterocycles. The van der Waals surface area contributed by atoms with Crippen LogP contribution >= 0.6 is 11.6 Å². The Labute approximate surface area is 293 Å². The van der Waals surface area contributed by atoms with Crippen LogP contribution in [0.25, 0.3) is 0 Å². The zero-order chi connectivity index (χ0) is 35.6. The fraction of sp³-hybridized carbons (Fsp3) is 0.667. The summed E-state index contributed by atoms with van der Waals surface area (Å²) in [6, 6.07) is 3.97. The number of oxime groups is 1. The SMILES string of the molecule is CCC[C@H](NC(=O)[C@@H]1C[C@]2(CC(c3cccc(Cl)c3)=NO2)CN1C(=O)C(NC(=O)CC1(O)CCCCC1)C(C)(C)C)C(=O)C(=O)NC1CC1. The molecule has 2 aliphatic heterocycles. The molecule has 4 atom stereocenters. The molecular formula is C36H50ClN5O7. The van der Waals surface area contributed by atoms with Gasteiger partial charge in [-0.05, 0) is 49.7 Å². The lowest BCUT2D eigenvalue weighted by Crippen LogP contribution is -2.59. The first-order chi connectivity index (χ1) is 23.1. The lowest BCUT2D eigenvalue weighted by molar-refractivity contribution is -0.146. The lowest BCUT2D eigenvalue weighted by Gasteiger charge is -2.37. The van der Waals surface area contributed by atoms with E-state index in [4.69, 9.17) is 16.4 Å². The minimum Gasteiger partial charge on any atom is -0.389 e. The summed E-state index contributed by atoms with van der Waals surface area (Å²) >= 11 is 6.24. The highest BCUT2D eigenvalue weighted by Gasteiger charge is 2.56. The van der Waals surface area contributed by atoms with Crippen molar-refractivity contribution >= 4 is 46.7 Å². The van der Waals surface area contributed by atoms with Gasteiger partial charge in [0.05, 0.1) is 30.3 Å². The highest BCUT2D eigenvalue weighted by Crippen LogP contribution is 2.40. The summed E-state index contributed by atoms with van der Waals surface area (Å²) in [6.07, 6.45) is 6.38. The quantitative estimate of drug-likeness (QED) is 0.242. The maximum absolute atomic E-state index is 14.6. The van der Waals surface area contributed by atoms with Crippen LogP contribution in [0.2, 0.25) is 5.02 Å². The molecule has 5 rings (SSSR count). The molecule has 268 valence electrons. The summed E-state index contributed by atoms with van der Waals surface area (Å²) in [7, 11) is 0. The van der Waals surface area contributed by atoms with Crippen molar-refractivity contribution in [3.8, 4) is 0 Å². The lowest BCUT2D eigenvalue weighted by atomic mass is 9.81. The van der Waals surface area contributed by atoms with E-state index in [1.165, 1.54) is 4.90 Å². The number of aliphatic hydroxyl groups is 1. The number of nitrogens with zero attached hydrogens (tertiary/aromatic N) is 2. The Bertz CT molecular complexity index is 1480. The first-order valence-corrected chi connectivity index (χ1v) is 18.0. The van der Waals surface area contributed by atoms with E-state index in [2.05, 4.69) is 21.1 Å². The Hall–Kier alpha value is -3.51. The molecule has 2 aliphatic carbocycles. The fourth-order valence-corrected chi connectivity index (χ4v) is 7.32. The second-order valence-electron chi connectivity index (χ2n) is 15.5. The van der Waals surface area contributed by atoms with Crippen molar-refractivity contribution in [2.24, 2.45) is 10.6 Å². The van der Waals surface area contributed by atoms with E-state index in [1.807, 2.05) is 33.8 Å². The molecule has 1 aromatic rings. The van der Waals surface area contributed by atoms with Crippen LogP contribution < -0.4 is 16.0 Å². The van der Waals surface area contributed by atoms with Gasteiger partial charge in [0.2, 0.25) is 23.5 Å². The summed E-state index contributed by atoms with van der Waals surface area (Å²) in [4.78, 5) is 75.3. The summed E-state index contributed by atoms with van der Waals surface area (Å²) in [5.74, 6) is -2.97. The number of halogens is 1. The molecule has 1 spiro atoms. The van der Waals surface area contributed by atoms with Gasteiger partial charge in [-0.25, -0.2) is 0 Å². The van der Waals surface area contributed by atoms with Crippen LogP contribution in [-0.2, 0) is 28.8 Å². The number of carbonyl (C=O) groups excluding carboxylic acids is 5. The summed E-state index contributed by atoms with van der Waals surface area (Å²) in [6.45, 7) is 7.33. The second kappa shape index (κ2) is 14.8. The van der Waals surface area contributed by atoms with E-state index in [-0.39, 0.29) is 31.8 Å². The van der Waals surface area contributed by atoms with Gasteiger partial charge >= 0.3 is 0 Å². The number of Topliss-reactive ketones (excluding diaryl/α,β-unsaturated/α-hetero) is 1. The minimum atomic E-state index is -1.12. The van der Waals surface area contributed by atoms with E-state index in [0.717, 1.165) is 37.7 Å². The molecule has 2 saturated carbocycles. The van der Waals surface area contributed by atoms with Crippen LogP contribution in [0.4, 0.5) is 0 Å². The highest BCUT2D eigenvalue weighted by atomic mass is 35.5. The number of carbonyl (C=O) groups is 5. The van der Waals surface area contributed by atoms with Gasteiger partial charge in [0.25, 0.3) is 5.91 Å². The number of rotatable bonds is 12. The van der Waals surface area contributed by atoms with Gasteiger partial charge in [-0.1, -0.05) is 82.3 Å². The Kier molecular flexibility index (Phi) is 11.1. The fourth-order valence-electron chi connectivity index (χ4n) is 7.13. The third kappa shape index (κ3) is 9.00. The Morgan fingerprint density at radius 1 is 1.10 bits per heavy atom. The summed E-state index contributed by atoms with van der Waals surface area (Å²) in [5, 5.41) is 24.3. The molecular weight excluding hydrogens is 650 g/mol. The molecule has 49 heavy (non-hydrogen) atoms.